The fraction of sp³-hybridized carbons (Fsp3) is 0.214. The van der Waals surface area contributed by atoms with Gasteiger partial charge in [-0.1, -0.05) is 0 Å². The largest absolute Gasteiger partial charge is 0.497 e. The Morgan fingerprint density at radius 2 is 2.18 bits per heavy atom. The number of hydrogen-bond donors (Lipinski definition) is 1. The molecule has 0 aliphatic heterocycles. The van der Waals surface area contributed by atoms with Crippen molar-refractivity contribution in [2.24, 2.45) is 0 Å². The van der Waals surface area contributed by atoms with Crippen molar-refractivity contribution in [2.75, 3.05) is 19.0 Å². The quantitative estimate of drug-likeness (QED) is 0.799. The van der Waals surface area contributed by atoms with Crippen LogP contribution in [-0.2, 0) is 4.74 Å². The van der Waals surface area contributed by atoms with Crippen LogP contribution in [0, 0.1) is 0 Å². The van der Waals surface area contributed by atoms with Gasteiger partial charge in [-0.15, -0.1) is 11.3 Å². The number of carbonyl (C=O) groups excluding carboxylic acids is 2. The zero-order valence-corrected chi connectivity index (χ0v) is 14.3. The van der Waals surface area contributed by atoms with Crippen LogP contribution in [0.3, 0.4) is 0 Å². The second-order valence-corrected chi connectivity index (χ2v) is 5.77. The van der Waals surface area contributed by atoms with Crippen molar-refractivity contribution in [3.05, 3.63) is 39.3 Å². The molecule has 0 unspecified atom stereocenters. The van der Waals surface area contributed by atoms with Crippen molar-refractivity contribution in [3.63, 3.8) is 0 Å². The number of halogens is 1. The molecule has 1 aromatic heterocycles. The molecule has 0 aliphatic carbocycles. The molecule has 0 aliphatic rings. The molecule has 0 radical (unpaired) electrons. The molecule has 0 saturated carbocycles. The maximum atomic E-state index is 12.3. The van der Waals surface area contributed by atoms with Crippen LogP contribution in [0.25, 0.3) is 0 Å². The number of carbonyl (C=O) groups is 2. The molecule has 2 aromatic rings. The normalized spacial score (nSPS) is 10.1. The lowest BCUT2D eigenvalue weighted by Gasteiger charge is -2.06. The number of hydrogen-bond acceptors (Lipinski definition) is 6. The first-order valence-electron chi connectivity index (χ1n) is 6.32. The zero-order chi connectivity index (χ0) is 16.1. The molecule has 0 fully saturated rings. The molecular formula is C14H13BrN2O4S. The van der Waals surface area contributed by atoms with E-state index in [1.165, 1.54) is 12.5 Å². The SMILES string of the molecule is CCOC(=O)c1csc(NC(=O)c2cc(OC)ccc2Br)n1. The Morgan fingerprint density at radius 1 is 1.41 bits per heavy atom. The van der Waals surface area contributed by atoms with Crippen LogP contribution in [0.1, 0.15) is 27.8 Å². The molecular weight excluding hydrogens is 372 g/mol. The highest BCUT2D eigenvalue weighted by atomic mass is 79.9. The predicted molar refractivity (Wildman–Crippen MR) is 86.7 cm³/mol. The Hall–Kier alpha value is -1.93. The number of esters is 1. The zero-order valence-electron chi connectivity index (χ0n) is 11.9. The molecule has 1 amide bonds. The Bertz CT molecular complexity index is 702. The minimum absolute atomic E-state index is 0.173. The molecule has 116 valence electrons. The molecule has 1 aromatic carbocycles. The van der Waals surface area contributed by atoms with Crippen molar-refractivity contribution in [3.8, 4) is 5.75 Å². The topological polar surface area (TPSA) is 77.5 Å². The molecule has 1 N–H and O–H groups in total. The number of amides is 1. The monoisotopic (exact) mass is 384 g/mol. The van der Waals surface area contributed by atoms with Crippen LogP contribution in [0.5, 0.6) is 5.75 Å². The summed E-state index contributed by atoms with van der Waals surface area (Å²) >= 11 is 4.47. The first-order valence-corrected chi connectivity index (χ1v) is 8.00. The smallest absolute Gasteiger partial charge is 0.357 e. The van der Waals surface area contributed by atoms with Crippen LogP contribution >= 0.6 is 27.3 Å². The van der Waals surface area contributed by atoms with Crippen LogP contribution < -0.4 is 10.1 Å². The van der Waals surface area contributed by atoms with Crippen molar-refractivity contribution in [1.29, 1.82) is 0 Å². The average molecular weight is 385 g/mol. The molecule has 8 heteroatoms. The molecule has 2 rings (SSSR count). The van der Waals surface area contributed by atoms with Crippen molar-refractivity contribution in [1.82, 2.24) is 4.98 Å². The molecule has 0 saturated heterocycles. The minimum Gasteiger partial charge on any atom is -0.497 e. The summed E-state index contributed by atoms with van der Waals surface area (Å²) in [5.41, 5.74) is 0.582. The van der Waals surface area contributed by atoms with E-state index in [0.29, 0.717) is 20.9 Å². The molecule has 0 bridgehead atoms. The van der Waals surface area contributed by atoms with Gasteiger partial charge >= 0.3 is 5.97 Å². The molecule has 22 heavy (non-hydrogen) atoms. The molecule has 1 heterocycles. The predicted octanol–water partition coefficient (Wildman–Crippen LogP) is 3.34. The van der Waals surface area contributed by atoms with E-state index in [0.717, 1.165) is 11.3 Å². The summed E-state index contributed by atoms with van der Waals surface area (Å²) in [6.45, 7) is 1.99. The molecule has 0 atom stereocenters. The van der Waals surface area contributed by atoms with E-state index in [9.17, 15) is 9.59 Å². The number of rotatable bonds is 5. The highest BCUT2D eigenvalue weighted by molar-refractivity contribution is 9.10. The maximum absolute atomic E-state index is 12.3. The average Bonchev–Trinajstić information content (AvgIpc) is 2.96. The number of thiazole rings is 1. The standard InChI is InChI=1S/C14H13BrN2O4S/c1-3-21-13(19)11-7-22-14(16-11)17-12(18)9-6-8(20-2)4-5-10(9)15/h4-7H,3H2,1-2H3,(H,16,17,18). The summed E-state index contributed by atoms with van der Waals surface area (Å²) in [4.78, 5) is 27.8. The Morgan fingerprint density at radius 3 is 2.86 bits per heavy atom. The van der Waals surface area contributed by atoms with Crippen molar-refractivity contribution < 1.29 is 19.1 Å². The van der Waals surface area contributed by atoms with Gasteiger partial charge < -0.3 is 9.47 Å². The number of ether oxygens (including phenoxy) is 2. The van der Waals surface area contributed by atoms with Crippen LogP contribution in [0.4, 0.5) is 5.13 Å². The maximum Gasteiger partial charge on any atom is 0.357 e. The van der Waals surface area contributed by atoms with Gasteiger partial charge in [0, 0.05) is 9.85 Å². The van der Waals surface area contributed by atoms with Gasteiger partial charge in [-0.3, -0.25) is 10.1 Å². The van der Waals surface area contributed by atoms with Crippen LogP contribution in [0.15, 0.2) is 28.1 Å². The van der Waals surface area contributed by atoms with Gasteiger partial charge in [0.1, 0.15) is 5.75 Å². The summed E-state index contributed by atoms with van der Waals surface area (Å²) < 4.78 is 10.6. The Kier molecular flexibility index (Phi) is 5.51. The molecule has 0 spiro atoms. The lowest BCUT2D eigenvalue weighted by molar-refractivity contribution is 0.0520. The summed E-state index contributed by atoms with van der Waals surface area (Å²) in [5.74, 6) is -0.294. The first kappa shape index (κ1) is 16.4. The highest BCUT2D eigenvalue weighted by Gasteiger charge is 2.16. The number of methoxy groups -OCH3 is 1. The third kappa shape index (κ3) is 3.83. The number of nitrogens with one attached hydrogen (secondary N) is 1. The Labute approximate surface area is 139 Å². The van der Waals surface area contributed by atoms with Crippen LogP contribution in [0.2, 0.25) is 0 Å². The molecule has 6 nitrogen and oxygen atoms in total. The second-order valence-electron chi connectivity index (χ2n) is 4.06. The lowest BCUT2D eigenvalue weighted by Crippen LogP contribution is -2.13. The summed E-state index contributed by atoms with van der Waals surface area (Å²) in [6, 6.07) is 5.07. The summed E-state index contributed by atoms with van der Waals surface area (Å²) in [5, 5.41) is 4.50. The van der Waals surface area contributed by atoms with E-state index in [1.807, 2.05) is 0 Å². The van der Waals surface area contributed by atoms with Crippen LogP contribution in [-0.4, -0.2) is 30.6 Å². The second kappa shape index (κ2) is 7.37. The van der Waals surface area contributed by atoms with E-state index in [-0.39, 0.29) is 18.2 Å². The minimum atomic E-state index is -0.512. The summed E-state index contributed by atoms with van der Waals surface area (Å²) in [7, 11) is 1.53. The van der Waals surface area contributed by atoms with Gasteiger partial charge in [-0.25, -0.2) is 9.78 Å². The fourth-order valence-corrected chi connectivity index (χ4v) is 2.70. The number of benzene rings is 1. The number of aromatic nitrogens is 1. The van der Waals surface area contributed by atoms with Crippen molar-refractivity contribution >= 4 is 44.3 Å². The van der Waals surface area contributed by atoms with E-state index >= 15 is 0 Å². The highest BCUT2D eigenvalue weighted by Crippen LogP contribution is 2.24. The first-order chi connectivity index (χ1) is 10.5. The van der Waals surface area contributed by atoms with E-state index in [4.69, 9.17) is 9.47 Å². The Balaban J connectivity index is 2.14. The van der Waals surface area contributed by atoms with Gasteiger partial charge in [0.2, 0.25) is 0 Å². The van der Waals surface area contributed by atoms with E-state index in [2.05, 4.69) is 26.2 Å². The lowest BCUT2D eigenvalue weighted by atomic mass is 10.2. The van der Waals surface area contributed by atoms with Gasteiger partial charge in [0.05, 0.1) is 19.3 Å². The van der Waals surface area contributed by atoms with Gasteiger partial charge in [-0.2, -0.15) is 0 Å². The van der Waals surface area contributed by atoms with Gasteiger partial charge in [-0.05, 0) is 41.1 Å². The number of anilines is 1. The summed E-state index contributed by atoms with van der Waals surface area (Å²) in [6.07, 6.45) is 0. The van der Waals surface area contributed by atoms with Gasteiger partial charge in [0.15, 0.2) is 10.8 Å². The van der Waals surface area contributed by atoms with E-state index in [1.54, 1.807) is 25.1 Å². The third-order valence-electron chi connectivity index (χ3n) is 2.63. The number of nitrogens with zero attached hydrogens (tertiary/aromatic N) is 1. The van der Waals surface area contributed by atoms with E-state index < -0.39 is 5.97 Å². The third-order valence-corrected chi connectivity index (χ3v) is 4.08. The van der Waals surface area contributed by atoms with Crippen molar-refractivity contribution in [2.45, 2.75) is 6.92 Å². The fourth-order valence-electron chi connectivity index (χ4n) is 1.60. The van der Waals surface area contributed by atoms with Gasteiger partial charge in [0.25, 0.3) is 5.91 Å².